The molecule has 0 N–H and O–H groups in total. The normalized spacial score (nSPS) is 11.4. The van der Waals surface area contributed by atoms with Gasteiger partial charge in [0.1, 0.15) is 0 Å². The van der Waals surface area contributed by atoms with Crippen LogP contribution in [0.3, 0.4) is 0 Å². The molecular weight excluding hydrogens is 454 g/mol. The van der Waals surface area contributed by atoms with Gasteiger partial charge in [-0.1, -0.05) is 72.8 Å². The van der Waals surface area contributed by atoms with Gasteiger partial charge in [-0.05, 0) is 28.5 Å². The van der Waals surface area contributed by atoms with Crippen molar-refractivity contribution in [1.29, 1.82) is 0 Å². The van der Waals surface area contributed by atoms with E-state index in [2.05, 4.69) is 22.8 Å². The van der Waals surface area contributed by atoms with Crippen LogP contribution in [0.25, 0.3) is 55.2 Å². The molecule has 4 aromatic rings. The predicted molar refractivity (Wildman–Crippen MR) is 141 cm³/mol. The second-order valence-electron chi connectivity index (χ2n) is 8.68. The molecule has 7 heteroatoms. The van der Waals surface area contributed by atoms with Crippen LogP contribution in [0.2, 0.25) is 0 Å². The molecule has 0 bridgehead atoms. The molecule has 174 valence electrons. The van der Waals surface area contributed by atoms with Gasteiger partial charge in [0.2, 0.25) is 0 Å². The van der Waals surface area contributed by atoms with Crippen LogP contribution in [0, 0.1) is 20.2 Å². The Bertz CT molecular complexity index is 1810. The number of hydrogen-bond acceptors (Lipinski definition) is 4. The maximum atomic E-state index is 12.1. The zero-order chi connectivity index (χ0) is 25.0. The average Bonchev–Trinajstić information content (AvgIpc) is 3.24. The van der Waals surface area contributed by atoms with E-state index >= 15 is 0 Å². The third-order valence-corrected chi connectivity index (χ3v) is 6.78. The third-order valence-electron chi connectivity index (χ3n) is 6.78. The second kappa shape index (κ2) is 8.02. The molecular formula is C29H19N3O4. The molecule has 0 atom stereocenters. The number of aromatic nitrogens is 1. The maximum Gasteiger partial charge on any atom is 0.284 e. The van der Waals surface area contributed by atoms with Crippen LogP contribution < -0.4 is 0 Å². The Morgan fingerprint density at radius 1 is 0.639 bits per heavy atom. The van der Waals surface area contributed by atoms with Crippen LogP contribution >= 0.6 is 0 Å². The van der Waals surface area contributed by atoms with Gasteiger partial charge in [-0.2, -0.15) is 0 Å². The maximum absolute atomic E-state index is 12.1. The largest absolute Gasteiger partial charge is 0.343 e. The van der Waals surface area contributed by atoms with Crippen LogP contribution in [-0.2, 0) is 7.05 Å². The summed E-state index contributed by atoms with van der Waals surface area (Å²) in [7, 11) is 1.96. The highest BCUT2D eigenvalue weighted by atomic mass is 16.6. The molecule has 1 heterocycles. The van der Waals surface area contributed by atoms with Crippen LogP contribution in [0.4, 0.5) is 11.4 Å². The number of nitro groups is 2. The van der Waals surface area contributed by atoms with Crippen molar-refractivity contribution in [3.8, 4) is 33.5 Å². The topological polar surface area (TPSA) is 91.2 Å². The predicted octanol–water partition coefficient (Wildman–Crippen LogP) is 7.59. The van der Waals surface area contributed by atoms with Crippen molar-refractivity contribution in [2.24, 2.45) is 7.05 Å². The summed E-state index contributed by atoms with van der Waals surface area (Å²) < 4.78 is 2.07. The molecule has 1 aliphatic carbocycles. The lowest BCUT2D eigenvalue weighted by Crippen LogP contribution is -2.03. The third kappa shape index (κ3) is 3.06. The lowest BCUT2D eigenvalue weighted by molar-refractivity contribution is -0.393. The minimum absolute atomic E-state index is 0.295. The second-order valence-corrected chi connectivity index (χ2v) is 8.68. The first-order valence-corrected chi connectivity index (χ1v) is 11.4. The van der Waals surface area contributed by atoms with E-state index in [1.54, 1.807) is 0 Å². The van der Waals surface area contributed by atoms with E-state index in [9.17, 15) is 20.2 Å². The molecule has 0 unspecified atom stereocenters. The monoisotopic (exact) mass is 473 g/mol. The van der Waals surface area contributed by atoms with Gasteiger partial charge in [-0.25, -0.2) is 0 Å². The Morgan fingerprint density at radius 3 is 1.92 bits per heavy atom. The van der Waals surface area contributed by atoms with Gasteiger partial charge in [-0.15, -0.1) is 0 Å². The number of nitrogens with zero attached hydrogens (tertiary/aromatic N) is 3. The number of rotatable bonds is 4. The highest BCUT2D eigenvalue weighted by Gasteiger charge is 2.31. The van der Waals surface area contributed by atoms with Gasteiger partial charge in [0.05, 0.1) is 27.2 Å². The lowest BCUT2D eigenvalue weighted by Gasteiger charge is -2.20. The fourth-order valence-corrected chi connectivity index (χ4v) is 5.29. The van der Waals surface area contributed by atoms with Crippen molar-refractivity contribution in [1.82, 2.24) is 4.57 Å². The van der Waals surface area contributed by atoms with Crippen molar-refractivity contribution in [3.63, 3.8) is 0 Å². The van der Waals surface area contributed by atoms with Crippen molar-refractivity contribution in [3.05, 3.63) is 117 Å². The van der Waals surface area contributed by atoms with Crippen molar-refractivity contribution in [2.45, 2.75) is 0 Å². The molecule has 0 radical (unpaired) electrons. The Hall–Kier alpha value is -5.04. The molecule has 1 aliphatic heterocycles. The summed E-state index contributed by atoms with van der Waals surface area (Å²) in [6.45, 7) is 0. The number of pyridine rings is 1. The molecule has 4 aromatic carbocycles. The number of non-ortho nitro benzene ring substituents is 1. The molecule has 0 aromatic heterocycles. The van der Waals surface area contributed by atoms with Gasteiger partial charge in [0, 0.05) is 40.7 Å². The quantitative estimate of drug-likeness (QED) is 0.195. The number of benzene rings is 4. The minimum atomic E-state index is -0.612. The Labute approximate surface area is 205 Å². The van der Waals surface area contributed by atoms with E-state index in [-0.39, 0.29) is 11.4 Å². The first-order valence-electron chi connectivity index (χ1n) is 11.4. The standard InChI is InChI=1S/C29H19N3O4/c1-30-24-14-8-7-13-22(24)26(18-9-3-2-4-10-18)28-21-12-6-5-11-20(21)27(29(28)30)23-16-15-19(31(33)34)17-25(23)32(35)36/h2-17H,1H3. The van der Waals surface area contributed by atoms with Crippen LogP contribution in [0.1, 0.15) is 0 Å². The Balaban J connectivity index is 1.85. The summed E-state index contributed by atoms with van der Waals surface area (Å²) >= 11 is 0. The van der Waals surface area contributed by atoms with E-state index in [0.717, 1.165) is 50.1 Å². The molecule has 0 spiro atoms. The van der Waals surface area contributed by atoms with Gasteiger partial charge in [0.15, 0.2) is 0 Å². The number of nitro benzene ring substituents is 2. The molecule has 36 heavy (non-hydrogen) atoms. The fraction of sp³-hybridized carbons (Fsp3) is 0.0345. The SMILES string of the molecule is Cn1c2c(-c3ccc([N+](=O)[O-])cc3[N+](=O)[O-])c3ccccc3c-2c(-c2ccccc2)c2ccccc21. The van der Waals surface area contributed by atoms with E-state index in [1.165, 1.54) is 12.1 Å². The molecule has 7 nitrogen and oxygen atoms in total. The first kappa shape index (κ1) is 21.5. The van der Waals surface area contributed by atoms with Gasteiger partial charge >= 0.3 is 0 Å². The number of para-hydroxylation sites is 1. The lowest BCUT2D eigenvalue weighted by atomic mass is 9.91. The minimum Gasteiger partial charge on any atom is -0.343 e. The summed E-state index contributed by atoms with van der Waals surface area (Å²) in [4.78, 5) is 22.3. The number of fused-ring (bicyclic) bond motifs is 4. The first-order chi connectivity index (χ1) is 17.5. The smallest absolute Gasteiger partial charge is 0.284 e. The molecule has 2 aliphatic rings. The van der Waals surface area contributed by atoms with E-state index < -0.39 is 9.85 Å². The zero-order valence-electron chi connectivity index (χ0n) is 19.2. The number of aryl methyl sites for hydroxylation is 1. The summed E-state index contributed by atoms with van der Waals surface area (Å²) in [6, 6.07) is 29.9. The van der Waals surface area contributed by atoms with E-state index in [0.29, 0.717) is 11.1 Å². The molecule has 0 saturated heterocycles. The molecule has 0 fully saturated rings. The summed E-state index contributed by atoms with van der Waals surface area (Å²) in [5, 5.41) is 26.4. The zero-order valence-corrected chi connectivity index (χ0v) is 19.2. The average molecular weight is 473 g/mol. The fourth-order valence-electron chi connectivity index (χ4n) is 5.29. The summed E-state index contributed by atoms with van der Waals surface area (Å²) in [6.07, 6.45) is 0. The number of hydrogen-bond donors (Lipinski definition) is 0. The Kier molecular flexibility index (Phi) is 4.79. The van der Waals surface area contributed by atoms with Crippen LogP contribution in [-0.4, -0.2) is 14.4 Å². The van der Waals surface area contributed by atoms with Gasteiger partial charge < -0.3 is 4.57 Å². The van der Waals surface area contributed by atoms with Crippen molar-refractivity contribution in [2.75, 3.05) is 0 Å². The highest BCUT2D eigenvalue weighted by molar-refractivity contribution is 6.22. The van der Waals surface area contributed by atoms with Crippen molar-refractivity contribution < 1.29 is 9.85 Å². The molecule has 0 amide bonds. The van der Waals surface area contributed by atoms with Crippen molar-refractivity contribution >= 4 is 33.1 Å². The van der Waals surface area contributed by atoms with Crippen LogP contribution in [0.5, 0.6) is 0 Å². The van der Waals surface area contributed by atoms with E-state index in [1.807, 2.05) is 67.7 Å². The van der Waals surface area contributed by atoms with Gasteiger partial charge in [0.25, 0.3) is 11.4 Å². The van der Waals surface area contributed by atoms with Gasteiger partial charge in [-0.3, -0.25) is 20.2 Å². The Morgan fingerprint density at radius 2 is 1.25 bits per heavy atom. The summed E-state index contributed by atoms with van der Waals surface area (Å²) in [5.74, 6) is 0. The van der Waals surface area contributed by atoms with E-state index in [4.69, 9.17) is 0 Å². The van der Waals surface area contributed by atoms with Crippen LogP contribution in [0.15, 0.2) is 97.1 Å². The molecule has 6 rings (SSSR count). The highest BCUT2D eigenvalue weighted by Crippen LogP contribution is 2.53. The molecule has 0 saturated carbocycles. The summed E-state index contributed by atoms with van der Waals surface area (Å²) in [5.41, 5.74) is 5.32.